The van der Waals surface area contributed by atoms with Crippen molar-refractivity contribution in [3.8, 4) is 0 Å². The zero-order chi connectivity index (χ0) is 15.5. The summed E-state index contributed by atoms with van der Waals surface area (Å²) in [4.78, 5) is 40.7. The normalized spacial score (nSPS) is 15.4. The van der Waals surface area contributed by atoms with Crippen molar-refractivity contribution in [3.63, 3.8) is 0 Å². The molecule has 3 amide bonds. The van der Waals surface area contributed by atoms with Gasteiger partial charge in [0.05, 0.1) is 17.6 Å². The molecular formula is C13H12N4O3S2. The molecule has 7 nitrogen and oxygen atoms in total. The maximum atomic E-state index is 11.7. The van der Waals surface area contributed by atoms with E-state index in [4.69, 9.17) is 0 Å². The van der Waals surface area contributed by atoms with Crippen molar-refractivity contribution < 1.29 is 14.4 Å². The van der Waals surface area contributed by atoms with Crippen LogP contribution in [0.5, 0.6) is 0 Å². The Kier molecular flexibility index (Phi) is 4.25. The molecular weight excluding hydrogens is 324 g/mol. The van der Waals surface area contributed by atoms with E-state index in [1.807, 2.05) is 16.0 Å². The fourth-order valence-electron chi connectivity index (χ4n) is 1.98. The van der Waals surface area contributed by atoms with Gasteiger partial charge < -0.3 is 5.32 Å². The number of imidazole rings is 1. The Hall–Kier alpha value is -2.13. The Morgan fingerprint density at radius 1 is 1.45 bits per heavy atom. The quantitative estimate of drug-likeness (QED) is 0.830. The lowest BCUT2D eigenvalue weighted by atomic mass is 10.4. The SMILES string of the molecule is O=C(/C=C/c1cnc2sccn12)NCCN1C(=O)CSC1=O. The predicted molar refractivity (Wildman–Crippen MR) is 84.7 cm³/mol. The smallest absolute Gasteiger partial charge is 0.288 e. The minimum atomic E-state index is -0.281. The number of aromatic nitrogens is 2. The monoisotopic (exact) mass is 336 g/mol. The van der Waals surface area contributed by atoms with Gasteiger partial charge in [0.2, 0.25) is 11.8 Å². The summed E-state index contributed by atoms with van der Waals surface area (Å²) < 4.78 is 1.88. The lowest BCUT2D eigenvalue weighted by Crippen LogP contribution is -2.37. The van der Waals surface area contributed by atoms with Crippen molar-refractivity contribution in [1.29, 1.82) is 0 Å². The lowest BCUT2D eigenvalue weighted by molar-refractivity contribution is -0.125. The van der Waals surface area contributed by atoms with E-state index in [1.54, 1.807) is 12.3 Å². The van der Waals surface area contributed by atoms with Crippen molar-refractivity contribution in [2.75, 3.05) is 18.8 Å². The van der Waals surface area contributed by atoms with Crippen LogP contribution in [0.25, 0.3) is 11.0 Å². The van der Waals surface area contributed by atoms with Crippen LogP contribution in [-0.4, -0.2) is 50.2 Å². The van der Waals surface area contributed by atoms with Crippen LogP contribution in [-0.2, 0) is 9.59 Å². The van der Waals surface area contributed by atoms with Gasteiger partial charge in [-0.15, -0.1) is 11.3 Å². The van der Waals surface area contributed by atoms with Crippen molar-refractivity contribution in [2.45, 2.75) is 0 Å². The molecule has 1 saturated heterocycles. The molecule has 1 N–H and O–H groups in total. The highest BCUT2D eigenvalue weighted by Gasteiger charge is 2.29. The minimum absolute atomic E-state index is 0.185. The number of thiazole rings is 1. The number of amides is 3. The molecule has 1 fully saturated rings. The molecule has 3 rings (SSSR count). The molecule has 22 heavy (non-hydrogen) atoms. The molecule has 114 valence electrons. The summed E-state index contributed by atoms with van der Waals surface area (Å²) in [5, 5.41) is 4.31. The number of hydrogen-bond acceptors (Lipinski definition) is 6. The zero-order valence-electron chi connectivity index (χ0n) is 11.4. The van der Waals surface area contributed by atoms with Crippen LogP contribution in [0, 0.1) is 0 Å². The van der Waals surface area contributed by atoms with Crippen LogP contribution < -0.4 is 5.32 Å². The molecule has 0 unspecified atom stereocenters. The number of nitrogens with zero attached hydrogens (tertiary/aromatic N) is 3. The van der Waals surface area contributed by atoms with E-state index in [-0.39, 0.29) is 35.9 Å². The summed E-state index contributed by atoms with van der Waals surface area (Å²) in [7, 11) is 0. The molecule has 2 aromatic heterocycles. The summed E-state index contributed by atoms with van der Waals surface area (Å²) in [6.07, 6.45) is 6.65. The van der Waals surface area contributed by atoms with E-state index in [0.29, 0.717) is 0 Å². The third kappa shape index (κ3) is 3.04. The second-order valence-electron chi connectivity index (χ2n) is 4.46. The number of carbonyl (C=O) groups excluding carboxylic acids is 3. The van der Waals surface area contributed by atoms with Gasteiger partial charge in [-0.25, -0.2) is 4.98 Å². The first kappa shape index (κ1) is 14.8. The maximum Gasteiger partial charge on any atom is 0.288 e. The molecule has 1 aliphatic heterocycles. The molecule has 2 aromatic rings. The molecule has 9 heteroatoms. The lowest BCUT2D eigenvalue weighted by Gasteiger charge is -2.12. The van der Waals surface area contributed by atoms with E-state index < -0.39 is 0 Å². The van der Waals surface area contributed by atoms with E-state index >= 15 is 0 Å². The fraction of sp³-hybridized carbons (Fsp3) is 0.231. The van der Waals surface area contributed by atoms with Gasteiger partial charge in [-0.3, -0.25) is 23.7 Å². The summed E-state index contributed by atoms with van der Waals surface area (Å²) >= 11 is 2.50. The van der Waals surface area contributed by atoms with Gasteiger partial charge in [0.1, 0.15) is 0 Å². The summed E-state index contributed by atoms with van der Waals surface area (Å²) in [6, 6.07) is 0. The van der Waals surface area contributed by atoms with Crippen LogP contribution >= 0.6 is 23.1 Å². The molecule has 0 atom stereocenters. The minimum Gasteiger partial charge on any atom is -0.351 e. The number of carbonyl (C=O) groups is 3. The number of fused-ring (bicyclic) bond motifs is 1. The van der Waals surface area contributed by atoms with E-state index in [9.17, 15) is 14.4 Å². The average Bonchev–Trinajstić information content (AvgIpc) is 3.17. The predicted octanol–water partition coefficient (Wildman–Crippen LogP) is 1.22. The van der Waals surface area contributed by atoms with Crippen LogP contribution in [0.1, 0.15) is 5.69 Å². The molecule has 0 aliphatic carbocycles. The first-order valence-corrected chi connectivity index (χ1v) is 8.35. The standard InChI is InChI=1S/C13H12N4O3S2/c18-10(14-3-4-17-11(19)8-22-13(17)20)2-1-9-7-15-12-16(9)5-6-21-12/h1-2,5-7H,3-4,8H2,(H,14,18)/b2-1+. The summed E-state index contributed by atoms with van der Waals surface area (Å²) in [6.45, 7) is 0.438. The average molecular weight is 336 g/mol. The van der Waals surface area contributed by atoms with E-state index in [1.165, 1.54) is 17.4 Å². The summed E-state index contributed by atoms with van der Waals surface area (Å²) in [5.41, 5.74) is 0.813. The third-order valence-corrected chi connectivity index (χ3v) is 4.68. The first-order valence-electron chi connectivity index (χ1n) is 6.49. The van der Waals surface area contributed by atoms with Crippen molar-refractivity contribution in [1.82, 2.24) is 19.6 Å². The zero-order valence-corrected chi connectivity index (χ0v) is 13.0. The maximum absolute atomic E-state index is 11.7. The van der Waals surface area contributed by atoms with E-state index in [0.717, 1.165) is 27.3 Å². The number of nitrogens with one attached hydrogen (secondary N) is 1. The largest absolute Gasteiger partial charge is 0.351 e. The Bertz CT molecular complexity index is 748. The molecule has 0 spiro atoms. The highest BCUT2D eigenvalue weighted by atomic mass is 32.2. The van der Waals surface area contributed by atoms with Gasteiger partial charge in [-0.1, -0.05) is 11.8 Å². The van der Waals surface area contributed by atoms with Crippen molar-refractivity contribution in [2.24, 2.45) is 0 Å². The first-order chi connectivity index (χ1) is 10.6. The Labute approximate surface area is 134 Å². The van der Waals surface area contributed by atoms with Gasteiger partial charge >= 0.3 is 0 Å². The molecule has 3 heterocycles. The van der Waals surface area contributed by atoms with Gasteiger partial charge in [0, 0.05) is 30.7 Å². The summed E-state index contributed by atoms with van der Waals surface area (Å²) in [5.74, 6) is -0.305. The molecule has 1 aliphatic rings. The van der Waals surface area contributed by atoms with Crippen molar-refractivity contribution >= 4 is 51.2 Å². The Balaban J connectivity index is 1.50. The third-order valence-electron chi connectivity index (χ3n) is 3.06. The molecule has 0 saturated carbocycles. The number of imide groups is 1. The van der Waals surface area contributed by atoms with E-state index in [2.05, 4.69) is 10.3 Å². The highest BCUT2D eigenvalue weighted by molar-refractivity contribution is 8.14. The van der Waals surface area contributed by atoms with Gasteiger partial charge in [0.15, 0.2) is 4.96 Å². The topological polar surface area (TPSA) is 83.8 Å². The fourth-order valence-corrected chi connectivity index (χ4v) is 3.43. The number of thioether (sulfide) groups is 1. The van der Waals surface area contributed by atoms with Crippen molar-refractivity contribution in [3.05, 3.63) is 29.5 Å². The molecule has 0 radical (unpaired) electrons. The Morgan fingerprint density at radius 3 is 3.09 bits per heavy atom. The van der Waals surface area contributed by atoms with Crippen LogP contribution in [0.2, 0.25) is 0 Å². The van der Waals surface area contributed by atoms with Gasteiger partial charge in [-0.05, 0) is 6.08 Å². The van der Waals surface area contributed by atoms with Crippen LogP contribution in [0.15, 0.2) is 23.8 Å². The van der Waals surface area contributed by atoms with Gasteiger partial charge in [-0.2, -0.15) is 0 Å². The van der Waals surface area contributed by atoms with Gasteiger partial charge in [0.25, 0.3) is 5.24 Å². The number of rotatable bonds is 5. The number of hydrogen-bond donors (Lipinski definition) is 1. The molecule has 0 aromatic carbocycles. The molecule has 0 bridgehead atoms. The second-order valence-corrected chi connectivity index (χ2v) is 6.26. The second kappa shape index (κ2) is 6.32. The van der Waals surface area contributed by atoms with Crippen LogP contribution in [0.4, 0.5) is 4.79 Å². The Morgan fingerprint density at radius 2 is 2.32 bits per heavy atom. The highest BCUT2D eigenvalue weighted by Crippen LogP contribution is 2.17. The van der Waals surface area contributed by atoms with Crippen LogP contribution in [0.3, 0.4) is 0 Å².